The van der Waals surface area contributed by atoms with Crippen molar-refractivity contribution in [2.75, 3.05) is 18.4 Å². The Hall–Kier alpha value is -0.550. The summed E-state index contributed by atoms with van der Waals surface area (Å²) in [6, 6.07) is 2.14. The molecule has 0 radical (unpaired) electrons. The first kappa shape index (κ1) is 12.5. The number of fused-ring (bicyclic) bond motifs is 1. The second-order valence-electron chi connectivity index (χ2n) is 4.66. The molecule has 0 aromatic heterocycles. The van der Waals surface area contributed by atoms with Crippen LogP contribution in [0.4, 0.5) is 5.69 Å². The van der Waals surface area contributed by atoms with Gasteiger partial charge in [-0.15, -0.1) is 0 Å². The van der Waals surface area contributed by atoms with Gasteiger partial charge in [0.2, 0.25) is 0 Å². The highest BCUT2D eigenvalue weighted by atomic mass is 79.9. The molecular weight excluding hydrogens is 358 g/mol. The molecule has 96 valence electrons. The Morgan fingerprint density at radius 2 is 1.89 bits per heavy atom. The number of rotatable bonds is 1. The van der Waals surface area contributed by atoms with Gasteiger partial charge in [0.05, 0.1) is 12.2 Å². The Labute approximate surface area is 124 Å². The molecule has 1 aliphatic carbocycles. The van der Waals surface area contributed by atoms with Crippen LogP contribution >= 0.6 is 31.9 Å². The van der Waals surface area contributed by atoms with Crippen LogP contribution in [0.2, 0.25) is 0 Å². The summed E-state index contributed by atoms with van der Waals surface area (Å²) in [4.78, 5) is 4.41. The molecule has 2 N–H and O–H groups in total. The molecular formula is C13H15Br2N3. The highest BCUT2D eigenvalue weighted by Crippen LogP contribution is 2.38. The summed E-state index contributed by atoms with van der Waals surface area (Å²) < 4.78 is 2.32. The van der Waals surface area contributed by atoms with Gasteiger partial charge in [0.1, 0.15) is 0 Å². The average molecular weight is 373 g/mol. The lowest BCUT2D eigenvalue weighted by Crippen LogP contribution is -2.27. The standard InChI is InChI=1S/C13H15Br2N3/c14-10-7-11(15)12(18-13-16-5-6-17-13)9-4-2-1-3-8(9)10/h7H,1-6H2,(H2,16,17,18). The minimum atomic E-state index is 0.860. The summed E-state index contributed by atoms with van der Waals surface area (Å²) in [7, 11) is 0. The van der Waals surface area contributed by atoms with Crippen molar-refractivity contribution in [2.45, 2.75) is 25.7 Å². The Morgan fingerprint density at radius 1 is 1.11 bits per heavy atom. The third-order valence-corrected chi connectivity index (χ3v) is 4.80. The van der Waals surface area contributed by atoms with Crippen molar-refractivity contribution < 1.29 is 0 Å². The zero-order valence-corrected chi connectivity index (χ0v) is 13.2. The summed E-state index contributed by atoms with van der Waals surface area (Å²) in [5.41, 5.74) is 4.06. The first-order valence-corrected chi connectivity index (χ1v) is 7.89. The predicted octanol–water partition coefficient (Wildman–Crippen LogP) is 3.46. The number of benzene rings is 1. The van der Waals surface area contributed by atoms with E-state index < -0.39 is 0 Å². The number of aliphatic imine (C=N–C) groups is 1. The molecule has 1 aliphatic heterocycles. The van der Waals surface area contributed by atoms with Crippen LogP contribution in [-0.4, -0.2) is 19.0 Å². The fraction of sp³-hybridized carbons (Fsp3) is 0.462. The molecule has 0 amide bonds. The third kappa shape index (κ3) is 2.30. The van der Waals surface area contributed by atoms with Crippen molar-refractivity contribution in [1.82, 2.24) is 5.32 Å². The Morgan fingerprint density at radius 3 is 2.61 bits per heavy atom. The van der Waals surface area contributed by atoms with Gasteiger partial charge in [0.15, 0.2) is 5.96 Å². The maximum atomic E-state index is 4.41. The lowest BCUT2D eigenvalue weighted by atomic mass is 9.90. The minimum Gasteiger partial charge on any atom is -0.354 e. The van der Waals surface area contributed by atoms with Crippen LogP contribution in [0.25, 0.3) is 0 Å². The van der Waals surface area contributed by atoms with Crippen molar-refractivity contribution >= 4 is 43.5 Å². The van der Waals surface area contributed by atoms with Crippen molar-refractivity contribution in [1.29, 1.82) is 0 Å². The molecule has 3 rings (SSSR count). The van der Waals surface area contributed by atoms with E-state index in [9.17, 15) is 0 Å². The maximum Gasteiger partial charge on any atom is 0.195 e. The smallest absolute Gasteiger partial charge is 0.195 e. The fourth-order valence-electron chi connectivity index (χ4n) is 2.59. The van der Waals surface area contributed by atoms with Gasteiger partial charge in [-0.05, 0) is 58.8 Å². The maximum absolute atomic E-state index is 4.41. The first-order valence-electron chi connectivity index (χ1n) is 6.31. The van der Waals surface area contributed by atoms with Gasteiger partial charge in [-0.2, -0.15) is 0 Å². The van der Waals surface area contributed by atoms with Gasteiger partial charge in [-0.1, -0.05) is 15.9 Å². The lowest BCUT2D eigenvalue weighted by Gasteiger charge is -2.23. The monoisotopic (exact) mass is 371 g/mol. The number of hydrogen-bond donors (Lipinski definition) is 2. The normalized spacial score (nSPS) is 18.0. The van der Waals surface area contributed by atoms with Crippen LogP contribution < -0.4 is 10.6 Å². The molecule has 1 aromatic rings. The van der Waals surface area contributed by atoms with Gasteiger partial charge in [-0.3, -0.25) is 4.99 Å². The first-order chi connectivity index (χ1) is 8.75. The molecule has 1 heterocycles. The van der Waals surface area contributed by atoms with E-state index in [0.717, 1.165) is 36.4 Å². The molecule has 3 nitrogen and oxygen atoms in total. The Kier molecular flexibility index (Phi) is 3.61. The molecule has 5 heteroatoms. The van der Waals surface area contributed by atoms with Crippen LogP contribution in [0.3, 0.4) is 0 Å². The molecule has 1 aromatic carbocycles. The third-order valence-electron chi connectivity index (χ3n) is 3.47. The van der Waals surface area contributed by atoms with Crippen LogP contribution in [0.5, 0.6) is 0 Å². The van der Waals surface area contributed by atoms with E-state index in [1.807, 2.05) is 0 Å². The molecule has 0 bridgehead atoms. The molecule has 0 atom stereocenters. The van der Waals surface area contributed by atoms with E-state index >= 15 is 0 Å². The molecule has 0 spiro atoms. The van der Waals surface area contributed by atoms with E-state index in [2.05, 4.69) is 53.6 Å². The Bertz CT molecular complexity index is 511. The summed E-state index contributed by atoms with van der Waals surface area (Å²) in [6.07, 6.45) is 4.86. The SMILES string of the molecule is Brc1cc(Br)c(NC2=NCCN2)c2c1CCCC2. The van der Waals surface area contributed by atoms with Crippen LogP contribution in [0.15, 0.2) is 20.0 Å². The summed E-state index contributed by atoms with van der Waals surface area (Å²) in [6.45, 7) is 1.79. The predicted molar refractivity (Wildman–Crippen MR) is 82.4 cm³/mol. The Balaban J connectivity index is 2.01. The number of nitrogens with zero attached hydrogens (tertiary/aromatic N) is 1. The minimum absolute atomic E-state index is 0.860. The highest BCUT2D eigenvalue weighted by molar-refractivity contribution is 9.11. The van der Waals surface area contributed by atoms with Crippen LogP contribution in [-0.2, 0) is 12.8 Å². The number of guanidine groups is 1. The second kappa shape index (κ2) is 5.21. The van der Waals surface area contributed by atoms with E-state index in [4.69, 9.17) is 0 Å². The van der Waals surface area contributed by atoms with Crippen molar-refractivity contribution in [3.8, 4) is 0 Å². The number of halogens is 2. The molecule has 18 heavy (non-hydrogen) atoms. The summed E-state index contributed by atoms with van der Waals surface area (Å²) in [5.74, 6) is 0.894. The van der Waals surface area contributed by atoms with E-state index in [-0.39, 0.29) is 0 Å². The van der Waals surface area contributed by atoms with Gasteiger partial charge in [0, 0.05) is 15.5 Å². The fourth-order valence-corrected chi connectivity index (χ4v) is 4.14. The number of nitrogens with one attached hydrogen (secondary N) is 2. The van der Waals surface area contributed by atoms with Crippen molar-refractivity contribution in [3.05, 3.63) is 26.1 Å². The van der Waals surface area contributed by atoms with Gasteiger partial charge < -0.3 is 10.6 Å². The summed E-state index contributed by atoms with van der Waals surface area (Å²) >= 11 is 7.33. The lowest BCUT2D eigenvalue weighted by molar-refractivity contribution is 0.684. The molecule has 0 fully saturated rings. The number of anilines is 1. The van der Waals surface area contributed by atoms with E-state index in [0.29, 0.717) is 0 Å². The number of hydrogen-bond acceptors (Lipinski definition) is 3. The van der Waals surface area contributed by atoms with Gasteiger partial charge in [0.25, 0.3) is 0 Å². The van der Waals surface area contributed by atoms with Crippen molar-refractivity contribution in [2.24, 2.45) is 4.99 Å². The van der Waals surface area contributed by atoms with Crippen molar-refractivity contribution in [3.63, 3.8) is 0 Å². The topological polar surface area (TPSA) is 36.4 Å². The second-order valence-corrected chi connectivity index (χ2v) is 6.37. The quantitative estimate of drug-likeness (QED) is 0.791. The highest BCUT2D eigenvalue weighted by Gasteiger charge is 2.20. The zero-order chi connectivity index (χ0) is 12.5. The molecule has 0 saturated heterocycles. The largest absolute Gasteiger partial charge is 0.354 e. The molecule has 2 aliphatic rings. The van der Waals surface area contributed by atoms with E-state index in [1.54, 1.807) is 0 Å². The van der Waals surface area contributed by atoms with E-state index in [1.165, 1.54) is 34.1 Å². The molecule has 0 unspecified atom stereocenters. The van der Waals surface area contributed by atoms with Gasteiger partial charge >= 0.3 is 0 Å². The van der Waals surface area contributed by atoms with Crippen LogP contribution in [0, 0.1) is 0 Å². The van der Waals surface area contributed by atoms with Gasteiger partial charge in [-0.25, -0.2) is 0 Å². The molecule has 0 saturated carbocycles. The van der Waals surface area contributed by atoms with Crippen LogP contribution in [0.1, 0.15) is 24.0 Å². The average Bonchev–Trinajstić information content (AvgIpc) is 2.87. The zero-order valence-electron chi connectivity index (χ0n) is 10.0. The summed E-state index contributed by atoms with van der Waals surface area (Å²) in [5, 5.41) is 6.70.